The number of hydrogen-bond donors (Lipinski definition) is 1. The number of hydrogen-bond acceptors (Lipinski definition) is 3. The molecule has 6 heteroatoms. The fraction of sp³-hybridized carbons (Fsp3) is 0.400. The molecule has 0 bridgehead atoms. The summed E-state index contributed by atoms with van der Waals surface area (Å²) >= 11 is 0.656. The minimum absolute atomic E-state index is 0.220. The first-order valence-corrected chi connectivity index (χ1v) is 3.45. The van der Waals surface area contributed by atoms with Crippen LogP contribution in [-0.4, -0.2) is 9.48 Å². The Labute approximate surface area is 64.5 Å². The summed E-state index contributed by atoms with van der Waals surface area (Å²) in [6, 6.07) is 0.838. The van der Waals surface area contributed by atoms with Gasteiger partial charge in [0.15, 0.2) is 5.69 Å². The van der Waals surface area contributed by atoms with Gasteiger partial charge in [0.2, 0.25) is 0 Å². The Balaban J connectivity index is 2.89. The van der Waals surface area contributed by atoms with Crippen molar-refractivity contribution in [3.8, 4) is 0 Å². The Kier molecular flexibility index (Phi) is 2.15. The topological polar surface area (TPSA) is 33.1 Å². The smallest absolute Gasteiger partial charge is 0.391 e. The lowest BCUT2D eigenvalue weighted by Crippen LogP contribution is -2.04. The fourth-order valence-electron chi connectivity index (χ4n) is 0.521. The van der Waals surface area contributed by atoms with Crippen LogP contribution in [0.25, 0.3) is 0 Å². The first-order valence-electron chi connectivity index (χ1n) is 2.67. The Hall–Kier alpha value is -0.620. The highest BCUT2D eigenvalue weighted by Gasteiger charge is 2.33. The predicted octanol–water partition coefficient (Wildman–Crippen LogP) is 1.65. The quantitative estimate of drug-likeness (QED) is 0.718. The highest BCUT2D eigenvalue weighted by Crippen LogP contribution is 2.29. The zero-order valence-electron chi connectivity index (χ0n) is 5.22. The van der Waals surface area contributed by atoms with Crippen molar-refractivity contribution in [2.45, 2.75) is 12.8 Å². The summed E-state index contributed by atoms with van der Waals surface area (Å²) in [5, 5.41) is 8.42. The molecule has 1 N–H and O–H groups in total. The van der Waals surface area contributed by atoms with E-state index in [0.29, 0.717) is 11.5 Å². The van der Waals surface area contributed by atoms with Crippen molar-refractivity contribution in [1.29, 1.82) is 0 Å². The number of rotatable bonds is 1. The molecule has 0 fully saturated rings. The van der Waals surface area contributed by atoms with Crippen LogP contribution in [0.3, 0.4) is 0 Å². The van der Waals surface area contributed by atoms with Crippen molar-refractivity contribution >= 4 is 11.5 Å². The molecule has 0 unspecified atom stereocenters. The lowest BCUT2D eigenvalue weighted by atomic mass is 10.4. The van der Waals surface area contributed by atoms with Crippen LogP contribution in [0.1, 0.15) is 10.6 Å². The largest absolute Gasteiger partial charge is 0.434 e. The first-order chi connectivity index (χ1) is 5.04. The summed E-state index contributed by atoms with van der Waals surface area (Å²) in [5.74, 6) is 0. The maximum atomic E-state index is 11.8. The molecule has 0 aromatic carbocycles. The van der Waals surface area contributed by atoms with Gasteiger partial charge in [-0.05, 0) is 17.6 Å². The highest BCUT2D eigenvalue weighted by molar-refractivity contribution is 7.05. The minimum atomic E-state index is -4.40. The summed E-state index contributed by atoms with van der Waals surface area (Å²) in [4.78, 5) is 0.220. The van der Waals surface area contributed by atoms with E-state index in [4.69, 9.17) is 5.11 Å². The average molecular weight is 183 g/mol. The van der Waals surface area contributed by atoms with Crippen LogP contribution in [-0.2, 0) is 12.8 Å². The SMILES string of the molecule is OCc1cc(C(F)(F)F)ns1. The van der Waals surface area contributed by atoms with Gasteiger partial charge in [0.05, 0.1) is 11.5 Å². The third kappa shape index (κ3) is 1.90. The zero-order valence-corrected chi connectivity index (χ0v) is 6.04. The van der Waals surface area contributed by atoms with Gasteiger partial charge in [-0.15, -0.1) is 0 Å². The molecule has 2 nitrogen and oxygen atoms in total. The molecule has 0 amide bonds. The minimum Gasteiger partial charge on any atom is -0.391 e. The average Bonchev–Trinajstić information content (AvgIpc) is 2.32. The summed E-state index contributed by atoms with van der Waals surface area (Å²) < 4.78 is 38.5. The molecule has 11 heavy (non-hydrogen) atoms. The van der Waals surface area contributed by atoms with E-state index in [1.807, 2.05) is 0 Å². The van der Waals surface area contributed by atoms with Crippen molar-refractivity contribution in [3.63, 3.8) is 0 Å². The van der Waals surface area contributed by atoms with Crippen LogP contribution < -0.4 is 0 Å². The van der Waals surface area contributed by atoms with Gasteiger partial charge in [0.1, 0.15) is 0 Å². The molecular formula is C5H4F3NOS. The van der Waals surface area contributed by atoms with Gasteiger partial charge in [-0.3, -0.25) is 0 Å². The first kappa shape index (κ1) is 8.48. The Morgan fingerprint density at radius 1 is 1.55 bits per heavy atom. The molecule has 0 aliphatic rings. The summed E-state index contributed by atoms with van der Waals surface area (Å²) in [5.41, 5.74) is -0.938. The van der Waals surface area contributed by atoms with E-state index in [-0.39, 0.29) is 4.88 Å². The number of aromatic nitrogens is 1. The number of aliphatic hydroxyl groups is 1. The van der Waals surface area contributed by atoms with Crippen LogP contribution >= 0.6 is 11.5 Å². The monoisotopic (exact) mass is 183 g/mol. The Morgan fingerprint density at radius 2 is 2.18 bits per heavy atom. The van der Waals surface area contributed by atoms with Gasteiger partial charge < -0.3 is 5.11 Å². The molecule has 1 aromatic rings. The normalized spacial score (nSPS) is 12.0. The molecule has 62 valence electrons. The predicted molar refractivity (Wildman–Crippen MR) is 33.0 cm³/mol. The maximum absolute atomic E-state index is 11.8. The highest BCUT2D eigenvalue weighted by atomic mass is 32.1. The van der Waals surface area contributed by atoms with E-state index in [1.165, 1.54) is 0 Å². The lowest BCUT2D eigenvalue weighted by molar-refractivity contribution is -0.140. The van der Waals surface area contributed by atoms with Crippen molar-refractivity contribution in [3.05, 3.63) is 16.6 Å². The van der Waals surface area contributed by atoms with Crippen molar-refractivity contribution in [2.75, 3.05) is 0 Å². The molecule has 1 rings (SSSR count). The maximum Gasteiger partial charge on any atom is 0.434 e. The molecule has 0 radical (unpaired) electrons. The molecule has 1 heterocycles. The van der Waals surface area contributed by atoms with Gasteiger partial charge in [-0.1, -0.05) is 0 Å². The van der Waals surface area contributed by atoms with Crippen LogP contribution in [0.2, 0.25) is 0 Å². The van der Waals surface area contributed by atoms with Crippen LogP contribution in [0.15, 0.2) is 6.07 Å². The molecule has 0 aliphatic heterocycles. The summed E-state index contributed by atoms with van der Waals surface area (Å²) in [7, 11) is 0. The summed E-state index contributed by atoms with van der Waals surface area (Å²) in [6.45, 7) is -0.395. The van der Waals surface area contributed by atoms with Crippen LogP contribution in [0.4, 0.5) is 13.2 Å². The van der Waals surface area contributed by atoms with Gasteiger partial charge >= 0.3 is 6.18 Å². The van der Waals surface area contributed by atoms with E-state index >= 15 is 0 Å². The number of alkyl halides is 3. The molecular weight excluding hydrogens is 179 g/mol. The molecule has 0 aliphatic carbocycles. The van der Waals surface area contributed by atoms with Crippen molar-refractivity contribution in [1.82, 2.24) is 4.37 Å². The summed E-state index contributed by atoms with van der Waals surface area (Å²) in [6.07, 6.45) is -4.40. The van der Waals surface area contributed by atoms with E-state index in [0.717, 1.165) is 6.07 Å². The van der Waals surface area contributed by atoms with Crippen LogP contribution in [0, 0.1) is 0 Å². The molecule has 1 aromatic heterocycles. The van der Waals surface area contributed by atoms with E-state index in [2.05, 4.69) is 4.37 Å². The second-order valence-electron chi connectivity index (χ2n) is 1.83. The third-order valence-corrected chi connectivity index (χ3v) is 1.77. The zero-order chi connectivity index (χ0) is 8.48. The third-order valence-electron chi connectivity index (χ3n) is 1.01. The van der Waals surface area contributed by atoms with Crippen molar-refractivity contribution < 1.29 is 18.3 Å². The molecule has 0 saturated carbocycles. The van der Waals surface area contributed by atoms with Crippen LogP contribution in [0.5, 0.6) is 0 Å². The Bertz CT molecular complexity index is 244. The van der Waals surface area contributed by atoms with Gasteiger partial charge in [0.25, 0.3) is 0 Å². The van der Waals surface area contributed by atoms with E-state index in [9.17, 15) is 13.2 Å². The second-order valence-corrected chi connectivity index (χ2v) is 2.72. The number of nitrogens with zero attached hydrogens (tertiary/aromatic N) is 1. The standard InChI is InChI=1S/C5H4F3NOS/c6-5(7,8)4-1-3(2-10)11-9-4/h1,10H,2H2. The molecule has 0 saturated heterocycles. The molecule has 0 spiro atoms. The van der Waals surface area contributed by atoms with Gasteiger partial charge in [-0.2, -0.15) is 17.5 Å². The Morgan fingerprint density at radius 3 is 2.45 bits per heavy atom. The number of aliphatic hydroxyl groups excluding tert-OH is 1. The molecule has 0 atom stereocenters. The van der Waals surface area contributed by atoms with Crippen molar-refractivity contribution in [2.24, 2.45) is 0 Å². The van der Waals surface area contributed by atoms with Gasteiger partial charge in [0, 0.05) is 0 Å². The second kappa shape index (κ2) is 2.78. The lowest BCUT2D eigenvalue weighted by Gasteiger charge is -1.98. The van der Waals surface area contributed by atoms with E-state index < -0.39 is 18.5 Å². The van der Waals surface area contributed by atoms with Gasteiger partial charge in [-0.25, -0.2) is 0 Å². The fourth-order valence-corrected chi connectivity index (χ4v) is 1.11. The number of halogens is 3. The van der Waals surface area contributed by atoms with E-state index in [1.54, 1.807) is 0 Å².